The van der Waals surface area contributed by atoms with E-state index < -0.39 is 5.97 Å². The number of likely N-dealkylation sites (tertiary alicyclic amines) is 1. The molecule has 1 aromatic heterocycles. The number of carbonyl (C=O) groups is 2. The van der Waals surface area contributed by atoms with Crippen molar-refractivity contribution in [3.8, 4) is 0 Å². The molecule has 1 aliphatic heterocycles. The van der Waals surface area contributed by atoms with E-state index in [1.807, 2.05) is 0 Å². The molecule has 0 spiro atoms. The SMILES string of the molecule is O=C(O)CC[C@@H]1CCCCN1C(=O)c1csc(Cc2ccccc2F)n1. The predicted molar refractivity (Wildman–Crippen MR) is 96.9 cm³/mol. The summed E-state index contributed by atoms with van der Waals surface area (Å²) in [5.74, 6) is -1.28. The fraction of sp³-hybridized carbons (Fsp3) is 0.421. The van der Waals surface area contributed by atoms with Gasteiger partial charge in [-0.2, -0.15) is 0 Å². The first-order valence-electron chi connectivity index (χ1n) is 8.75. The fourth-order valence-electron chi connectivity index (χ4n) is 3.30. The molecule has 5 nitrogen and oxygen atoms in total. The molecule has 26 heavy (non-hydrogen) atoms. The van der Waals surface area contributed by atoms with Crippen molar-refractivity contribution in [3.05, 3.63) is 51.7 Å². The summed E-state index contributed by atoms with van der Waals surface area (Å²) >= 11 is 1.35. The van der Waals surface area contributed by atoms with Crippen LogP contribution in [-0.4, -0.2) is 39.5 Å². The summed E-state index contributed by atoms with van der Waals surface area (Å²) < 4.78 is 13.8. The summed E-state index contributed by atoms with van der Waals surface area (Å²) in [5.41, 5.74) is 0.918. The second-order valence-electron chi connectivity index (χ2n) is 6.48. The zero-order valence-electron chi connectivity index (χ0n) is 14.4. The van der Waals surface area contributed by atoms with Gasteiger partial charge >= 0.3 is 5.97 Å². The van der Waals surface area contributed by atoms with E-state index in [-0.39, 0.29) is 24.2 Å². The van der Waals surface area contributed by atoms with Crippen LogP contribution in [0, 0.1) is 5.82 Å². The number of piperidine rings is 1. The molecule has 1 aromatic carbocycles. The highest BCUT2D eigenvalue weighted by Gasteiger charge is 2.29. The van der Waals surface area contributed by atoms with Crippen molar-refractivity contribution in [2.45, 2.75) is 44.6 Å². The Hall–Kier alpha value is -2.28. The van der Waals surface area contributed by atoms with Crippen LogP contribution in [0.2, 0.25) is 0 Å². The number of aliphatic carboxylic acids is 1. The van der Waals surface area contributed by atoms with Crippen LogP contribution >= 0.6 is 11.3 Å². The minimum atomic E-state index is -0.844. The molecule has 7 heteroatoms. The second kappa shape index (κ2) is 8.40. The smallest absolute Gasteiger partial charge is 0.303 e. The van der Waals surface area contributed by atoms with Crippen LogP contribution in [0.25, 0.3) is 0 Å². The molecule has 1 atom stereocenters. The number of carboxylic acids is 1. The quantitative estimate of drug-likeness (QED) is 0.834. The summed E-state index contributed by atoms with van der Waals surface area (Å²) in [7, 11) is 0. The van der Waals surface area contributed by atoms with E-state index in [9.17, 15) is 14.0 Å². The largest absolute Gasteiger partial charge is 0.481 e. The van der Waals surface area contributed by atoms with Crippen LogP contribution in [0.1, 0.15) is 53.2 Å². The minimum Gasteiger partial charge on any atom is -0.481 e. The lowest BCUT2D eigenvalue weighted by molar-refractivity contribution is -0.137. The van der Waals surface area contributed by atoms with Crippen LogP contribution in [0.5, 0.6) is 0 Å². The predicted octanol–water partition coefficient (Wildman–Crippen LogP) is 3.73. The zero-order chi connectivity index (χ0) is 18.5. The van der Waals surface area contributed by atoms with Gasteiger partial charge in [0, 0.05) is 30.8 Å². The summed E-state index contributed by atoms with van der Waals surface area (Å²) in [6.45, 7) is 0.628. The van der Waals surface area contributed by atoms with Gasteiger partial charge < -0.3 is 10.0 Å². The number of rotatable bonds is 6. The number of halogens is 1. The minimum absolute atomic E-state index is 0.0518. The maximum absolute atomic E-state index is 13.8. The van der Waals surface area contributed by atoms with E-state index in [2.05, 4.69) is 4.98 Å². The average Bonchev–Trinajstić information content (AvgIpc) is 3.10. The molecule has 1 N–H and O–H groups in total. The summed E-state index contributed by atoms with van der Waals surface area (Å²) in [6, 6.07) is 6.49. The Morgan fingerprint density at radius 2 is 2.12 bits per heavy atom. The van der Waals surface area contributed by atoms with Crippen LogP contribution in [0.15, 0.2) is 29.6 Å². The molecular weight excluding hydrogens is 355 g/mol. The van der Waals surface area contributed by atoms with Gasteiger partial charge in [-0.15, -0.1) is 11.3 Å². The molecule has 0 radical (unpaired) electrons. The number of nitrogens with zero attached hydrogens (tertiary/aromatic N) is 2. The number of amides is 1. The van der Waals surface area contributed by atoms with Crippen LogP contribution in [0.4, 0.5) is 4.39 Å². The molecule has 0 saturated carbocycles. The Morgan fingerprint density at radius 3 is 2.88 bits per heavy atom. The normalized spacial score (nSPS) is 17.3. The summed E-state index contributed by atoms with van der Waals surface area (Å²) in [5, 5.41) is 11.3. The number of aromatic nitrogens is 1. The van der Waals surface area contributed by atoms with Gasteiger partial charge in [-0.1, -0.05) is 18.2 Å². The van der Waals surface area contributed by atoms with Gasteiger partial charge in [0.1, 0.15) is 11.5 Å². The molecule has 1 fully saturated rings. The molecule has 138 valence electrons. The third-order valence-electron chi connectivity index (χ3n) is 4.65. The summed E-state index contributed by atoms with van der Waals surface area (Å²) in [6.07, 6.45) is 3.63. The van der Waals surface area contributed by atoms with Crippen molar-refractivity contribution in [2.24, 2.45) is 0 Å². The van der Waals surface area contributed by atoms with Gasteiger partial charge in [0.15, 0.2) is 0 Å². The number of thiazole rings is 1. The lowest BCUT2D eigenvalue weighted by Crippen LogP contribution is -2.44. The van der Waals surface area contributed by atoms with Gasteiger partial charge in [0.2, 0.25) is 0 Å². The van der Waals surface area contributed by atoms with E-state index >= 15 is 0 Å². The van der Waals surface area contributed by atoms with Crippen LogP contribution < -0.4 is 0 Å². The second-order valence-corrected chi connectivity index (χ2v) is 7.42. The molecule has 3 rings (SSSR count). The summed E-state index contributed by atoms with van der Waals surface area (Å²) in [4.78, 5) is 29.8. The third-order valence-corrected chi connectivity index (χ3v) is 5.50. The molecule has 2 aromatic rings. The van der Waals surface area contributed by atoms with Crippen molar-refractivity contribution in [1.82, 2.24) is 9.88 Å². The number of carboxylic acid groups (broad SMARTS) is 1. The van der Waals surface area contributed by atoms with E-state index in [1.165, 1.54) is 17.4 Å². The molecular formula is C19H21FN2O3S. The average molecular weight is 376 g/mol. The fourth-order valence-corrected chi connectivity index (χ4v) is 4.09. The Bertz CT molecular complexity index is 793. The van der Waals surface area contributed by atoms with Crippen molar-refractivity contribution >= 4 is 23.2 Å². The van der Waals surface area contributed by atoms with Crippen molar-refractivity contribution < 1.29 is 19.1 Å². The highest BCUT2D eigenvalue weighted by Crippen LogP contribution is 2.24. The molecule has 2 heterocycles. The lowest BCUT2D eigenvalue weighted by Gasteiger charge is -2.35. The Labute approximate surface area is 155 Å². The maximum atomic E-state index is 13.8. The van der Waals surface area contributed by atoms with E-state index in [1.54, 1.807) is 28.5 Å². The first-order chi connectivity index (χ1) is 12.5. The van der Waals surface area contributed by atoms with E-state index in [0.29, 0.717) is 35.7 Å². The van der Waals surface area contributed by atoms with Gasteiger partial charge in [-0.3, -0.25) is 9.59 Å². The van der Waals surface area contributed by atoms with E-state index in [0.717, 1.165) is 19.3 Å². The monoisotopic (exact) mass is 376 g/mol. The number of hydrogen-bond acceptors (Lipinski definition) is 4. The van der Waals surface area contributed by atoms with Crippen LogP contribution in [-0.2, 0) is 11.2 Å². The van der Waals surface area contributed by atoms with Gasteiger partial charge in [0.05, 0.1) is 5.01 Å². The maximum Gasteiger partial charge on any atom is 0.303 e. The first-order valence-corrected chi connectivity index (χ1v) is 9.63. The Balaban J connectivity index is 1.70. The van der Waals surface area contributed by atoms with E-state index in [4.69, 9.17) is 5.11 Å². The lowest BCUT2D eigenvalue weighted by atomic mass is 9.97. The molecule has 1 saturated heterocycles. The molecule has 1 amide bonds. The Morgan fingerprint density at radius 1 is 1.31 bits per heavy atom. The van der Waals surface area contributed by atoms with Crippen molar-refractivity contribution in [3.63, 3.8) is 0 Å². The third kappa shape index (κ3) is 4.46. The topological polar surface area (TPSA) is 70.5 Å². The number of carbonyl (C=O) groups excluding carboxylic acids is 1. The molecule has 0 unspecified atom stereocenters. The zero-order valence-corrected chi connectivity index (χ0v) is 15.2. The molecule has 0 bridgehead atoms. The van der Waals surface area contributed by atoms with Gasteiger partial charge in [-0.25, -0.2) is 9.37 Å². The molecule has 0 aliphatic carbocycles. The standard InChI is InChI=1S/C19H21FN2O3S/c20-15-7-2-1-5-13(15)11-17-21-16(12-26-17)19(25)22-10-4-3-6-14(22)8-9-18(23)24/h1-2,5,7,12,14H,3-4,6,8-11H2,(H,23,24)/t14-/m0/s1. The highest BCUT2D eigenvalue weighted by molar-refractivity contribution is 7.09. The molecule has 1 aliphatic rings. The van der Waals surface area contributed by atoms with Gasteiger partial charge in [0.25, 0.3) is 5.91 Å². The van der Waals surface area contributed by atoms with Gasteiger partial charge in [-0.05, 0) is 37.3 Å². The first kappa shape index (κ1) is 18.5. The van der Waals surface area contributed by atoms with Crippen molar-refractivity contribution in [2.75, 3.05) is 6.54 Å². The highest BCUT2D eigenvalue weighted by atomic mass is 32.1. The Kier molecular flexibility index (Phi) is 5.98. The van der Waals surface area contributed by atoms with Crippen molar-refractivity contribution in [1.29, 1.82) is 0 Å². The number of hydrogen-bond donors (Lipinski definition) is 1. The number of benzene rings is 1. The van der Waals surface area contributed by atoms with Crippen LogP contribution in [0.3, 0.4) is 0 Å².